The van der Waals surface area contributed by atoms with Gasteiger partial charge in [0.2, 0.25) is 0 Å². The summed E-state index contributed by atoms with van der Waals surface area (Å²) in [5.41, 5.74) is 0.821. The molecule has 17 heavy (non-hydrogen) atoms. The third-order valence-electron chi connectivity index (χ3n) is 3.30. The predicted molar refractivity (Wildman–Crippen MR) is 76.3 cm³/mol. The molecule has 0 heterocycles. The summed E-state index contributed by atoms with van der Waals surface area (Å²) in [7, 11) is 0. The van der Waals surface area contributed by atoms with Crippen molar-refractivity contribution in [2.24, 2.45) is 0 Å². The number of hydrogen-bond acceptors (Lipinski definition) is 3. The number of halogens is 1. The van der Waals surface area contributed by atoms with Gasteiger partial charge in [-0.1, -0.05) is 12.8 Å². The summed E-state index contributed by atoms with van der Waals surface area (Å²) < 4.78 is 0.886. The topological polar surface area (TPSA) is 55.2 Å². The molecule has 0 aliphatic heterocycles. The summed E-state index contributed by atoms with van der Waals surface area (Å²) in [6, 6.07) is 5.32. The molecule has 0 atom stereocenters. The molecule has 0 amide bonds. The van der Waals surface area contributed by atoms with Crippen molar-refractivity contribution in [3.05, 3.63) is 31.9 Å². The van der Waals surface area contributed by atoms with E-state index in [-0.39, 0.29) is 16.1 Å². The highest BCUT2D eigenvalue weighted by atomic mass is 127. The fraction of sp³-hybridized carbons (Fsp3) is 0.500. The number of nitrogens with one attached hydrogen (secondary N) is 1. The van der Waals surface area contributed by atoms with Crippen LogP contribution in [0.4, 0.5) is 11.4 Å². The van der Waals surface area contributed by atoms with Crippen LogP contribution in [-0.2, 0) is 0 Å². The van der Waals surface area contributed by atoms with Crippen LogP contribution in [0.5, 0.6) is 0 Å². The molecule has 2 rings (SSSR count). The molecule has 0 aromatic heterocycles. The average Bonchev–Trinajstić information content (AvgIpc) is 2.67. The van der Waals surface area contributed by atoms with Crippen molar-refractivity contribution in [1.82, 2.24) is 0 Å². The molecule has 1 fully saturated rings. The van der Waals surface area contributed by atoms with Crippen LogP contribution in [-0.4, -0.2) is 10.5 Å². The number of anilines is 1. The number of rotatable bonds is 3. The van der Waals surface area contributed by atoms with Gasteiger partial charge in [-0.25, -0.2) is 0 Å². The second kappa shape index (κ2) is 4.80. The Kier molecular flexibility index (Phi) is 3.56. The van der Waals surface area contributed by atoms with Gasteiger partial charge < -0.3 is 5.32 Å². The molecule has 0 bridgehead atoms. The lowest BCUT2D eigenvalue weighted by molar-refractivity contribution is -0.384. The number of nitro groups is 1. The van der Waals surface area contributed by atoms with Crippen molar-refractivity contribution in [2.45, 2.75) is 38.1 Å². The van der Waals surface area contributed by atoms with E-state index >= 15 is 0 Å². The van der Waals surface area contributed by atoms with E-state index in [2.05, 4.69) is 34.8 Å². The standard InChI is InChI=1S/C12H15IN2O2/c1-12(6-2-3-7-12)14-10-5-4-9(13)8-11(10)15(16)17/h4-5,8,14H,2-3,6-7H2,1H3. The van der Waals surface area contributed by atoms with Crippen molar-refractivity contribution in [2.75, 3.05) is 5.32 Å². The molecule has 4 nitrogen and oxygen atoms in total. The van der Waals surface area contributed by atoms with E-state index < -0.39 is 0 Å². The lowest BCUT2D eigenvalue weighted by Crippen LogP contribution is -2.31. The van der Waals surface area contributed by atoms with Gasteiger partial charge in [0.05, 0.1) is 4.92 Å². The van der Waals surface area contributed by atoms with Gasteiger partial charge in [0.1, 0.15) is 5.69 Å². The first-order valence-electron chi connectivity index (χ1n) is 5.72. The highest BCUT2D eigenvalue weighted by molar-refractivity contribution is 14.1. The van der Waals surface area contributed by atoms with Crippen molar-refractivity contribution < 1.29 is 4.92 Å². The molecule has 1 aliphatic rings. The van der Waals surface area contributed by atoms with Gasteiger partial charge in [-0.2, -0.15) is 0 Å². The van der Waals surface area contributed by atoms with E-state index in [1.165, 1.54) is 12.8 Å². The van der Waals surface area contributed by atoms with Crippen LogP contribution in [0.25, 0.3) is 0 Å². The summed E-state index contributed by atoms with van der Waals surface area (Å²) in [6.45, 7) is 2.14. The minimum absolute atomic E-state index is 0.0115. The van der Waals surface area contributed by atoms with Crippen LogP contribution in [0.3, 0.4) is 0 Å². The predicted octanol–water partition coefficient (Wildman–Crippen LogP) is 3.94. The first-order valence-corrected chi connectivity index (χ1v) is 6.80. The molecule has 0 saturated heterocycles. The quantitative estimate of drug-likeness (QED) is 0.512. The Bertz CT molecular complexity index is 442. The van der Waals surface area contributed by atoms with Gasteiger partial charge in [-0.15, -0.1) is 0 Å². The van der Waals surface area contributed by atoms with E-state index in [0.29, 0.717) is 5.69 Å². The van der Waals surface area contributed by atoms with Gasteiger partial charge in [0.25, 0.3) is 5.69 Å². The molecule has 0 radical (unpaired) electrons. The van der Waals surface area contributed by atoms with E-state index in [1.807, 2.05) is 12.1 Å². The second-order valence-corrected chi connectivity index (χ2v) is 6.06. The third-order valence-corrected chi connectivity index (χ3v) is 3.97. The number of nitro benzene ring substituents is 1. The van der Waals surface area contributed by atoms with Crippen molar-refractivity contribution >= 4 is 34.0 Å². The number of nitrogens with zero attached hydrogens (tertiary/aromatic N) is 1. The molecule has 1 N–H and O–H groups in total. The normalized spacial score (nSPS) is 18.0. The van der Waals surface area contributed by atoms with Crippen molar-refractivity contribution in [3.8, 4) is 0 Å². The summed E-state index contributed by atoms with van der Waals surface area (Å²) in [6.07, 6.45) is 4.55. The molecule has 1 aromatic rings. The second-order valence-electron chi connectivity index (χ2n) is 4.81. The van der Waals surface area contributed by atoms with Gasteiger partial charge in [0.15, 0.2) is 0 Å². The van der Waals surface area contributed by atoms with E-state index in [0.717, 1.165) is 16.4 Å². The van der Waals surface area contributed by atoms with E-state index in [1.54, 1.807) is 6.07 Å². The molecule has 1 aliphatic carbocycles. The molecule has 1 aromatic carbocycles. The summed E-state index contributed by atoms with van der Waals surface area (Å²) in [4.78, 5) is 10.7. The first-order chi connectivity index (χ1) is 8.00. The highest BCUT2D eigenvalue weighted by Crippen LogP contribution is 2.36. The van der Waals surface area contributed by atoms with Gasteiger partial charge in [-0.05, 0) is 54.5 Å². The molecule has 1 saturated carbocycles. The lowest BCUT2D eigenvalue weighted by Gasteiger charge is -2.26. The van der Waals surface area contributed by atoms with Gasteiger partial charge in [-0.3, -0.25) is 10.1 Å². The zero-order valence-corrected chi connectivity index (χ0v) is 11.9. The maximum absolute atomic E-state index is 11.0. The largest absolute Gasteiger partial charge is 0.374 e. The molecular formula is C12H15IN2O2. The Labute approximate surface area is 114 Å². The van der Waals surface area contributed by atoms with Crippen LogP contribution in [0, 0.1) is 13.7 Å². The molecule has 0 spiro atoms. The van der Waals surface area contributed by atoms with Gasteiger partial charge >= 0.3 is 0 Å². The van der Waals surface area contributed by atoms with Crippen LogP contribution >= 0.6 is 22.6 Å². The Morgan fingerprint density at radius 1 is 1.41 bits per heavy atom. The number of hydrogen-bond donors (Lipinski definition) is 1. The molecule has 0 unspecified atom stereocenters. The van der Waals surface area contributed by atoms with Crippen molar-refractivity contribution in [3.63, 3.8) is 0 Å². The van der Waals surface area contributed by atoms with E-state index in [9.17, 15) is 10.1 Å². The monoisotopic (exact) mass is 346 g/mol. The molecular weight excluding hydrogens is 331 g/mol. The van der Waals surface area contributed by atoms with Gasteiger partial charge in [0, 0.05) is 15.2 Å². The van der Waals surface area contributed by atoms with Crippen LogP contribution < -0.4 is 5.32 Å². The molecule has 92 valence electrons. The molecule has 5 heteroatoms. The van der Waals surface area contributed by atoms with Crippen LogP contribution in [0.1, 0.15) is 32.6 Å². The maximum Gasteiger partial charge on any atom is 0.293 e. The summed E-state index contributed by atoms with van der Waals surface area (Å²) in [5.74, 6) is 0. The Morgan fingerprint density at radius 3 is 2.65 bits per heavy atom. The lowest BCUT2D eigenvalue weighted by atomic mass is 10.00. The Morgan fingerprint density at radius 2 is 2.06 bits per heavy atom. The fourth-order valence-electron chi connectivity index (χ4n) is 2.37. The maximum atomic E-state index is 11.0. The van der Waals surface area contributed by atoms with Crippen molar-refractivity contribution in [1.29, 1.82) is 0 Å². The highest BCUT2D eigenvalue weighted by Gasteiger charge is 2.30. The zero-order valence-electron chi connectivity index (χ0n) is 9.70. The van der Waals surface area contributed by atoms with E-state index in [4.69, 9.17) is 0 Å². The Hall–Kier alpha value is -0.850. The third kappa shape index (κ3) is 2.88. The zero-order chi connectivity index (χ0) is 12.5. The summed E-state index contributed by atoms with van der Waals surface area (Å²) in [5, 5.41) is 14.4. The Balaban J connectivity index is 2.28. The van der Waals surface area contributed by atoms with Crippen LogP contribution in [0.2, 0.25) is 0 Å². The SMILES string of the molecule is CC1(Nc2ccc(I)cc2[N+](=O)[O-])CCCC1. The minimum Gasteiger partial charge on any atom is -0.374 e. The minimum atomic E-state index is -0.317. The van der Waals surface area contributed by atoms with Crippen LogP contribution in [0.15, 0.2) is 18.2 Å². The summed E-state index contributed by atoms with van der Waals surface area (Å²) >= 11 is 2.09. The number of benzene rings is 1. The fourth-order valence-corrected chi connectivity index (χ4v) is 2.84. The first kappa shape index (κ1) is 12.6. The average molecular weight is 346 g/mol. The smallest absolute Gasteiger partial charge is 0.293 e.